The summed E-state index contributed by atoms with van der Waals surface area (Å²) in [7, 11) is 1.71. The van der Waals surface area contributed by atoms with Crippen molar-refractivity contribution in [2.24, 2.45) is 0 Å². The molecule has 0 aliphatic carbocycles. The van der Waals surface area contributed by atoms with Crippen LogP contribution in [0.15, 0.2) is 24.5 Å². The van der Waals surface area contributed by atoms with E-state index in [2.05, 4.69) is 32.7 Å². The molecule has 5 nitrogen and oxygen atoms in total. The zero-order valence-corrected chi connectivity index (χ0v) is 10.7. The molecule has 0 saturated heterocycles. The van der Waals surface area contributed by atoms with Crippen LogP contribution in [0.25, 0.3) is 11.0 Å². The number of methoxy groups -OCH3 is 1. The normalized spacial score (nSPS) is 11.2. The van der Waals surface area contributed by atoms with Crippen molar-refractivity contribution in [2.45, 2.75) is 6.54 Å². The molecular weight excluding hydrogens is 228 g/mol. The van der Waals surface area contributed by atoms with Crippen molar-refractivity contribution in [1.29, 1.82) is 0 Å². The largest absolute Gasteiger partial charge is 0.383 e. The summed E-state index contributed by atoms with van der Waals surface area (Å²) in [6.45, 7) is 4.44. The first-order valence-electron chi connectivity index (χ1n) is 6.22. The number of fused-ring (bicyclic) bond motifs is 1. The molecule has 0 spiro atoms. The fourth-order valence-corrected chi connectivity index (χ4v) is 1.80. The molecule has 0 radical (unpaired) electrons. The molecule has 2 rings (SSSR count). The molecule has 0 aliphatic heterocycles. The Balaban J connectivity index is 1.67. The third-order valence-corrected chi connectivity index (χ3v) is 2.78. The average molecular weight is 248 g/mol. The van der Waals surface area contributed by atoms with E-state index in [1.54, 1.807) is 13.4 Å². The second-order valence-corrected chi connectivity index (χ2v) is 4.17. The van der Waals surface area contributed by atoms with Crippen LogP contribution in [0.3, 0.4) is 0 Å². The lowest BCUT2D eigenvalue weighted by atomic mass is 10.2. The van der Waals surface area contributed by atoms with E-state index >= 15 is 0 Å². The van der Waals surface area contributed by atoms with E-state index in [-0.39, 0.29) is 0 Å². The Hall–Kier alpha value is -1.43. The van der Waals surface area contributed by atoms with E-state index in [9.17, 15) is 0 Å². The maximum Gasteiger partial charge on any atom is 0.0931 e. The van der Waals surface area contributed by atoms with Crippen LogP contribution >= 0.6 is 0 Å². The van der Waals surface area contributed by atoms with Crippen LogP contribution in [0, 0.1) is 0 Å². The Morgan fingerprint density at radius 2 is 2.11 bits per heavy atom. The van der Waals surface area contributed by atoms with E-state index < -0.39 is 0 Å². The zero-order valence-electron chi connectivity index (χ0n) is 10.7. The molecule has 0 bridgehead atoms. The van der Waals surface area contributed by atoms with Crippen LogP contribution in [-0.2, 0) is 11.3 Å². The van der Waals surface area contributed by atoms with Gasteiger partial charge in [0.25, 0.3) is 0 Å². The lowest BCUT2D eigenvalue weighted by Crippen LogP contribution is -2.29. The molecule has 0 amide bonds. The van der Waals surface area contributed by atoms with E-state index in [0.29, 0.717) is 0 Å². The first-order valence-corrected chi connectivity index (χ1v) is 6.22. The Kier molecular flexibility index (Phi) is 5.14. The van der Waals surface area contributed by atoms with E-state index in [1.807, 2.05) is 6.07 Å². The van der Waals surface area contributed by atoms with Crippen LogP contribution in [0.2, 0.25) is 0 Å². The second kappa shape index (κ2) is 7.10. The van der Waals surface area contributed by atoms with Gasteiger partial charge in [-0.1, -0.05) is 6.07 Å². The van der Waals surface area contributed by atoms with Gasteiger partial charge in [0.2, 0.25) is 0 Å². The highest BCUT2D eigenvalue weighted by Gasteiger charge is 1.97. The zero-order chi connectivity index (χ0) is 12.6. The van der Waals surface area contributed by atoms with Gasteiger partial charge in [-0.25, -0.2) is 4.98 Å². The summed E-state index contributed by atoms with van der Waals surface area (Å²) in [5, 5.41) is 6.69. The van der Waals surface area contributed by atoms with Crippen LogP contribution in [0.1, 0.15) is 5.56 Å². The number of hydrogen-bond acceptors (Lipinski definition) is 4. The number of rotatable bonds is 8. The molecule has 2 aromatic rings. The SMILES string of the molecule is COCCNCCNCc1ccc2nc[nH]c2c1. The monoisotopic (exact) mass is 248 g/mol. The summed E-state index contributed by atoms with van der Waals surface area (Å²) in [5.74, 6) is 0. The average Bonchev–Trinajstić information content (AvgIpc) is 2.85. The molecule has 0 atom stereocenters. The van der Waals surface area contributed by atoms with Crippen molar-refractivity contribution < 1.29 is 4.74 Å². The smallest absolute Gasteiger partial charge is 0.0931 e. The fourth-order valence-electron chi connectivity index (χ4n) is 1.80. The van der Waals surface area contributed by atoms with Gasteiger partial charge in [0.15, 0.2) is 0 Å². The van der Waals surface area contributed by atoms with Gasteiger partial charge in [0.05, 0.1) is 24.0 Å². The quantitative estimate of drug-likeness (QED) is 0.607. The van der Waals surface area contributed by atoms with Gasteiger partial charge in [-0.05, 0) is 17.7 Å². The Morgan fingerprint density at radius 1 is 1.22 bits per heavy atom. The number of aromatic amines is 1. The Morgan fingerprint density at radius 3 is 3.00 bits per heavy atom. The second-order valence-electron chi connectivity index (χ2n) is 4.17. The Bertz CT molecular complexity index is 469. The van der Waals surface area contributed by atoms with E-state index in [1.165, 1.54) is 5.56 Å². The maximum atomic E-state index is 4.96. The highest BCUT2D eigenvalue weighted by Crippen LogP contribution is 2.10. The number of imidazole rings is 1. The van der Waals surface area contributed by atoms with Crippen molar-refractivity contribution in [3.05, 3.63) is 30.1 Å². The van der Waals surface area contributed by atoms with Crippen LogP contribution in [0.4, 0.5) is 0 Å². The third kappa shape index (κ3) is 3.80. The van der Waals surface area contributed by atoms with Gasteiger partial charge < -0.3 is 20.4 Å². The van der Waals surface area contributed by atoms with Crippen molar-refractivity contribution in [3.63, 3.8) is 0 Å². The molecule has 1 aromatic carbocycles. The number of benzene rings is 1. The summed E-state index contributed by atoms with van der Waals surface area (Å²) in [6.07, 6.45) is 1.72. The van der Waals surface area contributed by atoms with Crippen LogP contribution < -0.4 is 10.6 Å². The number of aromatic nitrogens is 2. The summed E-state index contributed by atoms with van der Waals surface area (Å²) >= 11 is 0. The summed E-state index contributed by atoms with van der Waals surface area (Å²) < 4.78 is 4.96. The lowest BCUT2D eigenvalue weighted by Gasteiger charge is -2.06. The Labute approximate surface area is 107 Å². The number of ether oxygens (including phenoxy) is 1. The topological polar surface area (TPSA) is 62.0 Å². The predicted octanol–water partition coefficient (Wildman–Crippen LogP) is 0.889. The maximum absolute atomic E-state index is 4.96. The highest BCUT2D eigenvalue weighted by atomic mass is 16.5. The molecule has 0 fully saturated rings. The van der Waals surface area contributed by atoms with Crippen LogP contribution in [0.5, 0.6) is 0 Å². The molecule has 0 unspecified atom stereocenters. The summed E-state index contributed by atoms with van der Waals surface area (Å²) in [4.78, 5) is 7.32. The molecule has 3 N–H and O–H groups in total. The van der Waals surface area contributed by atoms with Gasteiger partial charge in [-0.2, -0.15) is 0 Å². The molecule has 1 aromatic heterocycles. The number of hydrogen-bond donors (Lipinski definition) is 3. The number of nitrogens with zero attached hydrogens (tertiary/aromatic N) is 1. The minimum atomic E-state index is 0.760. The van der Waals surface area contributed by atoms with E-state index in [4.69, 9.17) is 4.74 Å². The summed E-state index contributed by atoms with van der Waals surface area (Å²) in [5.41, 5.74) is 3.37. The van der Waals surface area contributed by atoms with Gasteiger partial charge in [0, 0.05) is 33.3 Å². The van der Waals surface area contributed by atoms with Crippen molar-refractivity contribution in [3.8, 4) is 0 Å². The minimum absolute atomic E-state index is 0.760. The van der Waals surface area contributed by atoms with Gasteiger partial charge in [0.1, 0.15) is 0 Å². The van der Waals surface area contributed by atoms with Crippen molar-refractivity contribution in [1.82, 2.24) is 20.6 Å². The van der Waals surface area contributed by atoms with Crippen molar-refractivity contribution >= 4 is 11.0 Å². The van der Waals surface area contributed by atoms with E-state index in [0.717, 1.165) is 43.8 Å². The number of nitrogens with one attached hydrogen (secondary N) is 3. The molecule has 18 heavy (non-hydrogen) atoms. The van der Waals surface area contributed by atoms with Crippen molar-refractivity contribution in [2.75, 3.05) is 33.4 Å². The molecule has 1 heterocycles. The third-order valence-electron chi connectivity index (χ3n) is 2.78. The molecule has 0 saturated carbocycles. The molecular formula is C13H20N4O. The molecule has 5 heteroatoms. The fraction of sp³-hybridized carbons (Fsp3) is 0.462. The minimum Gasteiger partial charge on any atom is -0.383 e. The van der Waals surface area contributed by atoms with Gasteiger partial charge >= 0.3 is 0 Å². The molecule has 0 aliphatic rings. The summed E-state index contributed by atoms with van der Waals surface area (Å²) in [6, 6.07) is 6.28. The lowest BCUT2D eigenvalue weighted by molar-refractivity contribution is 0.199. The standard InChI is InChI=1S/C13H20N4O/c1-18-7-6-14-4-5-15-9-11-2-3-12-13(8-11)17-10-16-12/h2-3,8,10,14-15H,4-7,9H2,1H3,(H,16,17). The van der Waals surface area contributed by atoms with Gasteiger partial charge in [-0.15, -0.1) is 0 Å². The van der Waals surface area contributed by atoms with Gasteiger partial charge in [-0.3, -0.25) is 0 Å². The number of H-pyrrole nitrogens is 1. The first kappa shape index (κ1) is 13.0. The predicted molar refractivity (Wildman–Crippen MR) is 72.5 cm³/mol. The first-order chi connectivity index (χ1) is 8.90. The highest BCUT2D eigenvalue weighted by molar-refractivity contribution is 5.74. The van der Waals surface area contributed by atoms with Crippen LogP contribution in [-0.4, -0.2) is 43.3 Å². The molecule has 98 valence electrons.